The monoisotopic (exact) mass is 84.1 g/mol. The smallest absolute Gasteiger partial charge is 0.0414 e. The maximum atomic E-state index is 3.80. The summed E-state index contributed by atoms with van der Waals surface area (Å²) < 4.78 is 0. The summed E-state index contributed by atoms with van der Waals surface area (Å²) in [5.41, 5.74) is 0. The SMILES string of the molecule is [CH2]C(C)C[CH]C. The van der Waals surface area contributed by atoms with E-state index in [0.29, 0.717) is 5.92 Å². The summed E-state index contributed by atoms with van der Waals surface area (Å²) in [6.07, 6.45) is 3.28. The van der Waals surface area contributed by atoms with Crippen molar-refractivity contribution in [3.63, 3.8) is 0 Å². The van der Waals surface area contributed by atoms with Crippen LogP contribution in [0, 0.1) is 19.3 Å². The average Bonchev–Trinajstić information content (AvgIpc) is 1.35. The molecule has 36 valence electrons. The molecule has 6 heavy (non-hydrogen) atoms. The van der Waals surface area contributed by atoms with Gasteiger partial charge < -0.3 is 0 Å². The second-order valence-corrected chi connectivity index (χ2v) is 1.75. The molecular weight excluding hydrogens is 72.1 g/mol. The van der Waals surface area contributed by atoms with Gasteiger partial charge in [-0.2, -0.15) is 0 Å². The highest BCUT2D eigenvalue weighted by Crippen LogP contribution is 1.98. The van der Waals surface area contributed by atoms with E-state index in [-0.39, 0.29) is 0 Å². The van der Waals surface area contributed by atoms with Crippen molar-refractivity contribution in [2.75, 3.05) is 0 Å². The van der Waals surface area contributed by atoms with Crippen LogP contribution in [0.4, 0.5) is 0 Å². The van der Waals surface area contributed by atoms with Crippen LogP contribution in [0.3, 0.4) is 0 Å². The molecule has 0 aromatic carbocycles. The van der Waals surface area contributed by atoms with E-state index in [1.165, 1.54) is 0 Å². The molecule has 0 spiro atoms. The van der Waals surface area contributed by atoms with Gasteiger partial charge in [0, 0.05) is 0 Å². The van der Waals surface area contributed by atoms with Crippen molar-refractivity contribution in [3.05, 3.63) is 13.3 Å². The molecule has 2 radical (unpaired) electrons. The van der Waals surface area contributed by atoms with Crippen LogP contribution >= 0.6 is 0 Å². The summed E-state index contributed by atoms with van der Waals surface area (Å²) in [5, 5.41) is 0. The summed E-state index contributed by atoms with van der Waals surface area (Å²) in [6, 6.07) is 0. The fourth-order valence-electron chi connectivity index (χ4n) is 0.402. The molecule has 0 nitrogen and oxygen atoms in total. The lowest BCUT2D eigenvalue weighted by atomic mass is 10.1. The lowest BCUT2D eigenvalue weighted by Crippen LogP contribution is -1.83. The van der Waals surface area contributed by atoms with Crippen LogP contribution in [0.5, 0.6) is 0 Å². The number of rotatable bonds is 2. The van der Waals surface area contributed by atoms with Gasteiger partial charge in [0.1, 0.15) is 0 Å². The third-order valence-corrected chi connectivity index (χ3v) is 0.638. The Labute approximate surface area is 40.6 Å². The van der Waals surface area contributed by atoms with Crippen molar-refractivity contribution in [1.29, 1.82) is 0 Å². The minimum Gasteiger partial charge on any atom is -0.0625 e. The number of hydrogen-bond acceptors (Lipinski definition) is 0. The van der Waals surface area contributed by atoms with Crippen LogP contribution in [0.2, 0.25) is 0 Å². The fraction of sp³-hybridized carbons (Fsp3) is 0.667. The Kier molecular flexibility index (Phi) is 3.20. The zero-order valence-corrected chi connectivity index (χ0v) is 4.57. The molecule has 1 unspecified atom stereocenters. The summed E-state index contributed by atoms with van der Waals surface area (Å²) in [7, 11) is 0. The fourth-order valence-corrected chi connectivity index (χ4v) is 0.402. The van der Waals surface area contributed by atoms with Crippen molar-refractivity contribution in [2.45, 2.75) is 20.3 Å². The molecule has 0 aliphatic heterocycles. The quantitative estimate of drug-likeness (QED) is 0.480. The van der Waals surface area contributed by atoms with E-state index in [0.717, 1.165) is 6.42 Å². The van der Waals surface area contributed by atoms with Crippen molar-refractivity contribution in [2.24, 2.45) is 5.92 Å². The third-order valence-electron chi connectivity index (χ3n) is 0.638. The molecule has 0 N–H and O–H groups in total. The molecule has 0 bridgehead atoms. The average molecular weight is 84.2 g/mol. The minimum absolute atomic E-state index is 0.593. The molecule has 0 rings (SSSR count). The maximum Gasteiger partial charge on any atom is -0.0414 e. The van der Waals surface area contributed by atoms with E-state index in [9.17, 15) is 0 Å². The molecule has 0 heteroatoms. The van der Waals surface area contributed by atoms with Gasteiger partial charge in [-0.05, 0) is 18.8 Å². The molecule has 0 aromatic heterocycles. The van der Waals surface area contributed by atoms with Crippen LogP contribution in [-0.2, 0) is 0 Å². The Morgan fingerprint density at radius 2 is 2.33 bits per heavy atom. The highest BCUT2D eigenvalue weighted by molar-refractivity contribution is 4.62. The molecule has 0 saturated heterocycles. The Hall–Kier alpha value is 0. The molecule has 0 saturated carbocycles. The summed E-state index contributed by atoms with van der Waals surface area (Å²) in [6.45, 7) is 7.97. The van der Waals surface area contributed by atoms with Gasteiger partial charge in [-0.1, -0.05) is 20.8 Å². The van der Waals surface area contributed by atoms with Gasteiger partial charge in [0.05, 0.1) is 0 Å². The lowest BCUT2D eigenvalue weighted by Gasteiger charge is -1.95. The largest absolute Gasteiger partial charge is 0.0625 e. The second-order valence-electron chi connectivity index (χ2n) is 1.75. The van der Waals surface area contributed by atoms with Crippen LogP contribution < -0.4 is 0 Å². The molecular formula is C6H12. The molecule has 0 aliphatic rings. The topological polar surface area (TPSA) is 0 Å². The van der Waals surface area contributed by atoms with Crippen molar-refractivity contribution in [1.82, 2.24) is 0 Å². The summed E-state index contributed by atoms with van der Waals surface area (Å²) in [5.74, 6) is 0.593. The molecule has 0 amide bonds. The van der Waals surface area contributed by atoms with Gasteiger partial charge in [-0.25, -0.2) is 0 Å². The molecule has 0 heterocycles. The van der Waals surface area contributed by atoms with Gasteiger partial charge in [-0.3, -0.25) is 0 Å². The number of hydrogen-bond donors (Lipinski definition) is 0. The van der Waals surface area contributed by atoms with Crippen LogP contribution in [0.1, 0.15) is 20.3 Å². The van der Waals surface area contributed by atoms with Crippen molar-refractivity contribution < 1.29 is 0 Å². The standard InChI is InChI=1S/C6H12/c1-4-5-6(2)3/h4,6H,2,5H2,1,3H3. The first-order valence-electron chi connectivity index (χ1n) is 2.38. The van der Waals surface area contributed by atoms with E-state index in [1.54, 1.807) is 0 Å². The van der Waals surface area contributed by atoms with Gasteiger partial charge in [0.15, 0.2) is 0 Å². The first kappa shape index (κ1) is 6.00. The molecule has 0 aromatic rings. The second kappa shape index (κ2) is 3.20. The van der Waals surface area contributed by atoms with E-state index in [1.807, 2.05) is 0 Å². The predicted octanol–water partition coefficient (Wildman–Crippen LogP) is 2.07. The lowest BCUT2D eigenvalue weighted by molar-refractivity contribution is 0.708. The zero-order valence-electron chi connectivity index (χ0n) is 4.57. The Morgan fingerprint density at radius 1 is 1.83 bits per heavy atom. The van der Waals surface area contributed by atoms with Crippen LogP contribution in [0.25, 0.3) is 0 Å². The van der Waals surface area contributed by atoms with Gasteiger partial charge in [-0.15, -0.1) is 0 Å². The Bertz CT molecular complexity index is 21.2. The zero-order chi connectivity index (χ0) is 4.99. The Morgan fingerprint density at radius 3 is 2.33 bits per heavy atom. The van der Waals surface area contributed by atoms with E-state index >= 15 is 0 Å². The van der Waals surface area contributed by atoms with Crippen molar-refractivity contribution >= 4 is 0 Å². The predicted molar refractivity (Wildman–Crippen MR) is 29.1 cm³/mol. The first-order chi connectivity index (χ1) is 2.77. The van der Waals surface area contributed by atoms with Gasteiger partial charge >= 0.3 is 0 Å². The highest BCUT2D eigenvalue weighted by Gasteiger charge is 1.86. The van der Waals surface area contributed by atoms with Gasteiger partial charge in [0.25, 0.3) is 0 Å². The first-order valence-corrected chi connectivity index (χ1v) is 2.38. The Balaban J connectivity index is 2.63. The van der Waals surface area contributed by atoms with E-state index in [4.69, 9.17) is 0 Å². The minimum atomic E-state index is 0.593. The third kappa shape index (κ3) is 4.00. The normalized spacial score (nSPS) is 10.0. The van der Waals surface area contributed by atoms with Crippen LogP contribution in [0.15, 0.2) is 0 Å². The molecule has 1 atom stereocenters. The molecule has 0 fully saturated rings. The molecule has 0 aliphatic carbocycles. The van der Waals surface area contributed by atoms with Crippen LogP contribution in [-0.4, -0.2) is 0 Å². The highest BCUT2D eigenvalue weighted by atomic mass is 13.9. The van der Waals surface area contributed by atoms with E-state index < -0.39 is 0 Å². The van der Waals surface area contributed by atoms with E-state index in [2.05, 4.69) is 27.2 Å². The maximum absolute atomic E-state index is 3.80. The summed E-state index contributed by atoms with van der Waals surface area (Å²) >= 11 is 0. The van der Waals surface area contributed by atoms with Gasteiger partial charge in [0.2, 0.25) is 0 Å². The summed E-state index contributed by atoms with van der Waals surface area (Å²) in [4.78, 5) is 0. The van der Waals surface area contributed by atoms with Crippen molar-refractivity contribution in [3.8, 4) is 0 Å².